The predicted molar refractivity (Wildman–Crippen MR) is 70.3 cm³/mol. The molecular weight excluding hydrogens is 214 g/mol. The molecule has 0 aliphatic heterocycles. The van der Waals surface area contributed by atoms with Gasteiger partial charge in [0.25, 0.3) is 0 Å². The van der Waals surface area contributed by atoms with Gasteiger partial charge in [0.15, 0.2) is 11.5 Å². The summed E-state index contributed by atoms with van der Waals surface area (Å²) in [4.78, 5) is 6.40. The molecule has 0 saturated heterocycles. The zero-order chi connectivity index (χ0) is 12.6. The van der Waals surface area contributed by atoms with Crippen molar-refractivity contribution in [1.82, 2.24) is 4.98 Å². The highest BCUT2D eigenvalue weighted by Gasteiger charge is 2.15. The van der Waals surface area contributed by atoms with E-state index in [-0.39, 0.29) is 5.54 Å². The first-order valence-electron chi connectivity index (χ1n) is 5.72. The fraction of sp³-hybridized carbons (Fsp3) is 0.462. The standard InChI is InChI=1S/C13H19N3O/c1-9-15-11-6-5-10(7-12(11)17-9)16(4)8-13(2,3)14/h5-7H,8,14H2,1-4H3. The molecule has 0 spiro atoms. The van der Waals surface area contributed by atoms with Crippen LogP contribution in [0, 0.1) is 6.92 Å². The topological polar surface area (TPSA) is 55.3 Å². The van der Waals surface area contributed by atoms with E-state index in [0.29, 0.717) is 5.89 Å². The number of aryl methyl sites for hydroxylation is 1. The number of oxazole rings is 1. The van der Waals surface area contributed by atoms with Crippen LogP contribution in [-0.2, 0) is 0 Å². The van der Waals surface area contributed by atoms with Crippen LogP contribution >= 0.6 is 0 Å². The van der Waals surface area contributed by atoms with Gasteiger partial charge in [-0.25, -0.2) is 4.98 Å². The fourth-order valence-corrected chi connectivity index (χ4v) is 1.97. The van der Waals surface area contributed by atoms with Crippen molar-refractivity contribution in [3.63, 3.8) is 0 Å². The molecule has 2 aromatic rings. The highest BCUT2D eigenvalue weighted by molar-refractivity contribution is 5.77. The molecular formula is C13H19N3O. The van der Waals surface area contributed by atoms with E-state index in [1.54, 1.807) is 0 Å². The average Bonchev–Trinajstić information content (AvgIpc) is 2.53. The van der Waals surface area contributed by atoms with E-state index in [0.717, 1.165) is 23.3 Å². The van der Waals surface area contributed by atoms with Crippen molar-refractivity contribution in [2.24, 2.45) is 5.73 Å². The van der Waals surface area contributed by atoms with Crippen molar-refractivity contribution in [2.45, 2.75) is 26.3 Å². The summed E-state index contributed by atoms with van der Waals surface area (Å²) in [7, 11) is 2.03. The van der Waals surface area contributed by atoms with Gasteiger partial charge in [-0.05, 0) is 26.0 Å². The van der Waals surface area contributed by atoms with Gasteiger partial charge in [0, 0.05) is 37.8 Å². The Morgan fingerprint density at radius 1 is 1.41 bits per heavy atom. The summed E-state index contributed by atoms with van der Waals surface area (Å²) in [6.45, 7) is 6.67. The smallest absolute Gasteiger partial charge is 0.192 e. The minimum absolute atomic E-state index is 0.221. The van der Waals surface area contributed by atoms with Crippen molar-refractivity contribution in [3.8, 4) is 0 Å². The number of anilines is 1. The van der Waals surface area contributed by atoms with Crippen LogP contribution in [0.15, 0.2) is 22.6 Å². The van der Waals surface area contributed by atoms with Gasteiger partial charge in [0.05, 0.1) is 0 Å². The number of nitrogens with two attached hydrogens (primary N) is 1. The van der Waals surface area contributed by atoms with Gasteiger partial charge in [-0.1, -0.05) is 0 Å². The van der Waals surface area contributed by atoms with Crippen LogP contribution in [0.5, 0.6) is 0 Å². The Bertz CT molecular complexity index is 525. The normalized spacial score (nSPS) is 12.1. The van der Waals surface area contributed by atoms with Gasteiger partial charge in [-0.15, -0.1) is 0 Å². The van der Waals surface area contributed by atoms with E-state index >= 15 is 0 Å². The van der Waals surface area contributed by atoms with Crippen molar-refractivity contribution < 1.29 is 4.42 Å². The van der Waals surface area contributed by atoms with Gasteiger partial charge in [0.1, 0.15) is 5.52 Å². The minimum atomic E-state index is -0.221. The number of nitrogens with zero attached hydrogens (tertiary/aromatic N) is 2. The highest BCUT2D eigenvalue weighted by Crippen LogP contribution is 2.22. The lowest BCUT2D eigenvalue weighted by Crippen LogP contribution is -2.44. The number of fused-ring (bicyclic) bond motifs is 1. The zero-order valence-corrected chi connectivity index (χ0v) is 10.8. The molecule has 1 aromatic carbocycles. The van der Waals surface area contributed by atoms with Gasteiger partial charge in [-0.2, -0.15) is 0 Å². The first-order valence-corrected chi connectivity index (χ1v) is 5.72. The number of likely N-dealkylation sites (N-methyl/N-ethyl adjacent to an activating group) is 1. The van der Waals surface area contributed by atoms with E-state index in [1.165, 1.54) is 0 Å². The Morgan fingerprint density at radius 3 is 2.76 bits per heavy atom. The molecule has 0 aliphatic carbocycles. The zero-order valence-electron chi connectivity index (χ0n) is 10.8. The Balaban J connectivity index is 2.29. The Hall–Kier alpha value is -1.55. The third kappa shape index (κ3) is 2.77. The van der Waals surface area contributed by atoms with Crippen molar-refractivity contribution in [3.05, 3.63) is 24.1 Å². The summed E-state index contributed by atoms with van der Waals surface area (Å²) in [5.74, 6) is 0.693. The Morgan fingerprint density at radius 2 is 2.12 bits per heavy atom. The van der Waals surface area contributed by atoms with Crippen LogP contribution in [0.2, 0.25) is 0 Å². The van der Waals surface area contributed by atoms with E-state index in [1.807, 2.05) is 46.0 Å². The van der Waals surface area contributed by atoms with E-state index in [4.69, 9.17) is 10.2 Å². The first-order chi connectivity index (χ1) is 7.85. The highest BCUT2D eigenvalue weighted by atomic mass is 16.3. The van der Waals surface area contributed by atoms with Crippen LogP contribution in [-0.4, -0.2) is 24.1 Å². The maximum absolute atomic E-state index is 6.01. The average molecular weight is 233 g/mol. The Kier molecular flexibility index (Phi) is 2.83. The van der Waals surface area contributed by atoms with Crippen LogP contribution in [0.3, 0.4) is 0 Å². The van der Waals surface area contributed by atoms with Crippen LogP contribution < -0.4 is 10.6 Å². The summed E-state index contributed by atoms with van der Waals surface area (Å²) in [6, 6.07) is 6.01. The lowest BCUT2D eigenvalue weighted by atomic mass is 10.1. The molecule has 2 N–H and O–H groups in total. The second-order valence-corrected chi connectivity index (χ2v) is 5.23. The van der Waals surface area contributed by atoms with Crippen LogP contribution in [0.25, 0.3) is 11.1 Å². The molecule has 0 saturated carbocycles. The molecule has 0 atom stereocenters. The largest absolute Gasteiger partial charge is 0.441 e. The van der Waals surface area contributed by atoms with E-state index in [9.17, 15) is 0 Å². The lowest BCUT2D eigenvalue weighted by molar-refractivity contribution is 0.519. The lowest BCUT2D eigenvalue weighted by Gasteiger charge is -2.28. The van der Waals surface area contributed by atoms with Gasteiger partial charge >= 0.3 is 0 Å². The summed E-state index contributed by atoms with van der Waals surface area (Å²) >= 11 is 0. The first kappa shape index (κ1) is 11.9. The molecule has 0 radical (unpaired) electrons. The van der Waals surface area contributed by atoms with Crippen molar-refractivity contribution in [1.29, 1.82) is 0 Å². The van der Waals surface area contributed by atoms with Crippen molar-refractivity contribution in [2.75, 3.05) is 18.5 Å². The van der Waals surface area contributed by atoms with Gasteiger partial charge in [-0.3, -0.25) is 0 Å². The molecule has 17 heavy (non-hydrogen) atoms. The molecule has 1 heterocycles. The van der Waals surface area contributed by atoms with Gasteiger partial charge in [0.2, 0.25) is 0 Å². The summed E-state index contributed by atoms with van der Waals surface area (Å²) in [5.41, 5.74) is 8.60. The number of hydrogen-bond acceptors (Lipinski definition) is 4. The summed E-state index contributed by atoms with van der Waals surface area (Å²) in [6.07, 6.45) is 0. The fourth-order valence-electron chi connectivity index (χ4n) is 1.97. The van der Waals surface area contributed by atoms with E-state index in [2.05, 4.69) is 9.88 Å². The SMILES string of the molecule is Cc1nc2ccc(N(C)CC(C)(C)N)cc2o1. The minimum Gasteiger partial charge on any atom is -0.441 e. The summed E-state index contributed by atoms with van der Waals surface area (Å²) < 4.78 is 5.52. The maximum Gasteiger partial charge on any atom is 0.192 e. The molecule has 0 bridgehead atoms. The quantitative estimate of drug-likeness (QED) is 0.883. The Labute approximate surface area is 101 Å². The molecule has 0 aliphatic rings. The molecule has 0 unspecified atom stereocenters. The third-order valence-corrected chi connectivity index (χ3v) is 2.56. The van der Waals surface area contributed by atoms with Gasteiger partial charge < -0.3 is 15.1 Å². The van der Waals surface area contributed by atoms with Crippen LogP contribution in [0.1, 0.15) is 19.7 Å². The monoisotopic (exact) mass is 233 g/mol. The molecule has 2 rings (SSSR count). The second kappa shape index (κ2) is 4.04. The molecule has 0 amide bonds. The molecule has 1 aromatic heterocycles. The van der Waals surface area contributed by atoms with E-state index < -0.39 is 0 Å². The third-order valence-electron chi connectivity index (χ3n) is 2.56. The number of rotatable bonds is 3. The molecule has 4 nitrogen and oxygen atoms in total. The van der Waals surface area contributed by atoms with Crippen LogP contribution in [0.4, 0.5) is 5.69 Å². The molecule has 92 valence electrons. The number of aromatic nitrogens is 1. The maximum atomic E-state index is 6.01. The molecule has 4 heteroatoms. The second-order valence-electron chi connectivity index (χ2n) is 5.23. The summed E-state index contributed by atoms with van der Waals surface area (Å²) in [5, 5.41) is 0. The van der Waals surface area contributed by atoms with Crippen molar-refractivity contribution >= 4 is 16.8 Å². The number of hydrogen-bond donors (Lipinski definition) is 1. The molecule has 0 fully saturated rings. The predicted octanol–water partition coefficient (Wildman–Crippen LogP) is 2.31. The number of benzene rings is 1.